The van der Waals surface area contributed by atoms with E-state index in [9.17, 15) is 4.79 Å². The molecule has 3 aromatic rings. The van der Waals surface area contributed by atoms with Crippen LogP contribution in [0.4, 0.5) is 0 Å². The summed E-state index contributed by atoms with van der Waals surface area (Å²) in [4.78, 5) is 11.9. The van der Waals surface area contributed by atoms with Crippen LogP contribution in [0.5, 0.6) is 5.75 Å². The average Bonchev–Trinajstić information content (AvgIpc) is 3.06. The second kappa shape index (κ2) is 7.70. The van der Waals surface area contributed by atoms with Gasteiger partial charge < -0.3 is 14.0 Å². The van der Waals surface area contributed by atoms with Crippen molar-refractivity contribution in [2.75, 3.05) is 6.61 Å². The monoisotopic (exact) mass is 361 g/mol. The summed E-state index contributed by atoms with van der Waals surface area (Å²) in [6, 6.07) is 18.5. The molecule has 4 rings (SSSR count). The van der Waals surface area contributed by atoms with Crippen molar-refractivity contribution in [3.8, 4) is 5.75 Å². The number of allylic oxidation sites excluding steroid dienone is 1. The normalized spacial score (nSPS) is 14.9. The van der Waals surface area contributed by atoms with Crippen LogP contribution in [0.25, 0.3) is 16.5 Å². The van der Waals surface area contributed by atoms with Crippen LogP contribution in [-0.2, 0) is 22.7 Å². The number of nitrogens with zero attached hydrogens (tertiary/aromatic N) is 1. The number of hydrogen-bond acceptors (Lipinski definition) is 3. The number of benzene rings is 2. The van der Waals surface area contributed by atoms with Gasteiger partial charge in [0.2, 0.25) is 0 Å². The molecule has 0 atom stereocenters. The Morgan fingerprint density at radius 3 is 2.81 bits per heavy atom. The Labute approximate surface area is 159 Å². The van der Waals surface area contributed by atoms with Gasteiger partial charge in [0.05, 0.1) is 6.61 Å². The molecule has 0 radical (unpaired) electrons. The summed E-state index contributed by atoms with van der Waals surface area (Å²) < 4.78 is 13.3. The summed E-state index contributed by atoms with van der Waals surface area (Å²) in [5, 5.41) is 1.13. The largest absolute Gasteiger partial charge is 0.489 e. The number of rotatable bonds is 5. The summed E-state index contributed by atoms with van der Waals surface area (Å²) in [5.74, 6) is 0.586. The minimum absolute atomic E-state index is 0.266. The van der Waals surface area contributed by atoms with Gasteiger partial charge in [-0.25, -0.2) is 4.79 Å². The van der Waals surface area contributed by atoms with Crippen molar-refractivity contribution < 1.29 is 14.3 Å². The molecule has 0 bridgehead atoms. The lowest BCUT2D eigenvalue weighted by atomic mass is 10.0. The van der Waals surface area contributed by atoms with E-state index in [0.29, 0.717) is 13.2 Å². The zero-order chi connectivity index (χ0) is 18.6. The Bertz CT molecular complexity index is 986. The van der Waals surface area contributed by atoms with Crippen molar-refractivity contribution in [1.82, 2.24) is 4.57 Å². The Kier molecular flexibility index (Phi) is 4.97. The molecule has 1 aliphatic heterocycles. The van der Waals surface area contributed by atoms with E-state index in [2.05, 4.69) is 34.9 Å². The Morgan fingerprint density at radius 1 is 1.15 bits per heavy atom. The summed E-state index contributed by atoms with van der Waals surface area (Å²) in [5.41, 5.74) is 4.46. The lowest BCUT2D eigenvalue weighted by molar-refractivity contribution is -0.137. The van der Waals surface area contributed by atoms with E-state index in [4.69, 9.17) is 9.47 Å². The highest BCUT2D eigenvalue weighted by molar-refractivity contribution is 5.94. The summed E-state index contributed by atoms with van der Waals surface area (Å²) in [6.45, 7) is 3.73. The topological polar surface area (TPSA) is 40.5 Å². The third kappa shape index (κ3) is 3.75. The van der Waals surface area contributed by atoms with Gasteiger partial charge in [-0.1, -0.05) is 30.3 Å². The van der Waals surface area contributed by atoms with Gasteiger partial charge in [-0.2, -0.15) is 0 Å². The number of aromatic nitrogens is 1. The van der Waals surface area contributed by atoms with Crippen molar-refractivity contribution in [3.63, 3.8) is 0 Å². The molecule has 0 saturated heterocycles. The number of fused-ring (bicyclic) bond motifs is 3. The molecule has 0 spiro atoms. The molecular weight excluding hydrogens is 338 g/mol. The molecule has 2 aromatic carbocycles. The zero-order valence-corrected chi connectivity index (χ0v) is 15.5. The van der Waals surface area contributed by atoms with Gasteiger partial charge in [-0.3, -0.25) is 0 Å². The van der Waals surface area contributed by atoms with E-state index in [-0.39, 0.29) is 5.97 Å². The van der Waals surface area contributed by atoms with Crippen molar-refractivity contribution in [2.45, 2.75) is 32.9 Å². The van der Waals surface area contributed by atoms with Gasteiger partial charge in [0.1, 0.15) is 12.4 Å². The molecule has 2 heterocycles. The number of carbonyl (C=O) groups excluding carboxylic acids is 1. The van der Waals surface area contributed by atoms with E-state index in [1.54, 1.807) is 6.08 Å². The fraction of sp³-hybridized carbons (Fsp3) is 0.261. The van der Waals surface area contributed by atoms with Gasteiger partial charge in [-0.05, 0) is 55.2 Å². The first-order valence-electron chi connectivity index (χ1n) is 9.42. The van der Waals surface area contributed by atoms with Gasteiger partial charge in [0.25, 0.3) is 0 Å². The highest BCUT2D eigenvalue weighted by atomic mass is 16.5. The first kappa shape index (κ1) is 17.4. The van der Waals surface area contributed by atoms with Crippen molar-refractivity contribution in [2.24, 2.45) is 0 Å². The number of aryl methyl sites for hydroxylation is 1. The maximum atomic E-state index is 11.9. The summed E-state index contributed by atoms with van der Waals surface area (Å²) >= 11 is 0. The number of hydrogen-bond donors (Lipinski definition) is 0. The molecule has 0 N–H and O–H groups in total. The highest BCUT2D eigenvalue weighted by Gasteiger charge is 2.18. The minimum Gasteiger partial charge on any atom is -0.489 e. The van der Waals surface area contributed by atoms with E-state index in [1.165, 1.54) is 5.52 Å². The maximum Gasteiger partial charge on any atom is 0.331 e. The second-order valence-electron chi connectivity index (χ2n) is 6.70. The third-order valence-corrected chi connectivity index (χ3v) is 4.86. The molecule has 138 valence electrons. The van der Waals surface area contributed by atoms with E-state index >= 15 is 0 Å². The fourth-order valence-corrected chi connectivity index (χ4v) is 3.61. The van der Waals surface area contributed by atoms with Crippen LogP contribution in [0.1, 0.15) is 31.0 Å². The van der Waals surface area contributed by atoms with Gasteiger partial charge in [0, 0.05) is 29.2 Å². The molecule has 0 fully saturated rings. The Hall–Kier alpha value is -3.01. The molecule has 0 unspecified atom stereocenters. The Balaban J connectivity index is 1.61. The third-order valence-electron chi connectivity index (χ3n) is 4.86. The van der Waals surface area contributed by atoms with Crippen LogP contribution < -0.4 is 4.74 Å². The molecule has 1 aromatic heterocycles. The molecular formula is C23H23NO3. The van der Waals surface area contributed by atoms with Crippen LogP contribution in [0.3, 0.4) is 0 Å². The second-order valence-corrected chi connectivity index (χ2v) is 6.70. The molecule has 0 amide bonds. The van der Waals surface area contributed by atoms with E-state index in [1.807, 2.05) is 31.2 Å². The molecule has 4 heteroatoms. The SMILES string of the molecule is CCOC(=O)/C=C1/CCCn2c1cc1cc(OCc3ccccc3)ccc12. The molecule has 1 aliphatic rings. The fourth-order valence-electron chi connectivity index (χ4n) is 3.61. The quantitative estimate of drug-likeness (QED) is 0.476. The summed E-state index contributed by atoms with van der Waals surface area (Å²) in [7, 11) is 0. The van der Waals surface area contributed by atoms with Crippen molar-refractivity contribution in [1.29, 1.82) is 0 Å². The number of ether oxygens (including phenoxy) is 2. The van der Waals surface area contributed by atoms with Crippen LogP contribution in [-0.4, -0.2) is 17.1 Å². The lowest BCUT2D eigenvalue weighted by Crippen LogP contribution is -2.10. The molecule has 0 aliphatic carbocycles. The number of esters is 1. The van der Waals surface area contributed by atoms with Crippen molar-refractivity contribution >= 4 is 22.4 Å². The lowest BCUT2D eigenvalue weighted by Gasteiger charge is -2.19. The predicted molar refractivity (Wildman–Crippen MR) is 107 cm³/mol. The van der Waals surface area contributed by atoms with Crippen molar-refractivity contribution in [3.05, 3.63) is 71.9 Å². The van der Waals surface area contributed by atoms with Crippen LogP contribution in [0.15, 0.2) is 60.7 Å². The summed E-state index contributed by atoms with van der Waals surface area (Å²) in [6.07, 6.45) is 3.56. The minimum atomic E-state index is -0.266. The predicted octanol–water partition coefficient (Wildman–Crippen LogP) is 4.96. The smallest absolute Gasteiger partial charge is 0.331 e. The first-order valence-corrected chi connectivity index (χ1v) is 9.42. The molecule has 4 nitrogen and oxygen atoms in total. The number of carbonyl (C=O) groups is 1. The van der Waals surface area contributed by atoms with Gasteiger partial charge >= 0.3 is 5.97 Å². The van der Waals surface area contributed by atoms with E-state index in [0.717, 1.165) is 47.4 Å². The standard InChI is InChI=1S/C23H23NO3/c1-2-26-23(25)15-18-9-6-12-24-21-11-10-20(13-19(21)14-22(18)24)27-16-17-7-4-3-5-8-17/h3-5,7-8,10-11,13-15H,2,6,9,12,16H2,1H3/b18-15-. The average molecular weight is 361 g/mol. The maximum absolute atomic E-state index is 11.9. The molecule has 0 saturated carbocycles. The molecule has 27 heavy (non-hydrogen) atoms. The van der Waals surface area contributed by atoms with Gasteiger partial charge in [0.15, 0.2) is 0 Å². The van der Waals surface area contributed by atoms with Gasteiger partial charge in [-0.15, -0.1) is 0 Å². The van der Waals surface area contributed by atoms with E-state index < -0.39 is 0 Å². The van der Waals surface area contributed by atoms with Crippen LogP contribution >= 0.6 is 0 Å². The first-order chi connectivity index (χ1) is 13.2. The van der Waals surface area contributed by atoms with Crippen LogP contribution in [0, 0.1) is 0 Å². The Morgan fingerprint density at radius 2 is 2.00 bits per heavy atom. The highest BCUT2D eigenvalue weighted by Crippen LogP contribution is 2.34. The van der Waals surface area contributed by atoms with Crippen LogP contribution in [0.2, 0.25) is 0 Å². The zero-order valence-electron chi connectivity index (χ0n) is 15.5.